The van der Waals surface area contributed by atoms with Gasteiger partial charge in [-0.15, -0.1) is 13.2 Å². The molecule has 5 heteroatoms. The topological polar surface area (TPSA) is 56.2 Å². The van der Waals surface area contributed by atoms with Gasteiger partial charge in [-0.1, -0.05) is 141 Å². The molecule has 0 saturated heterocycles. The van der Waals surface area contributed by atoms with Crippen molar-refractivity contribution in [1.29, 1.82) is 0 Å². The summed E-state index contributed by atoms with van der Waals surface area (Å²) in [5, 5.41) is 8.74. The summed E-state index contributed by atoms with van der Waals surface area (Å²) >= 11 is 0. The molecule has 1 aromatic heterocycles. The molecule has 1 heterocycles. The van der Waals surface area contributed by atoms with Gasteiger partial charge in [0.25, 0.3) is 0 Å². The highest BCUT2D eigenvalue weighted by Crippen LogP contribution is 2.48. The van der Waals surface area contributed by atoms with Gasteiger partial charge in [0.05, 0.1) is 24.8 Å². The second-order valence-electron chi connectivity index (χ2n) is 15.4. The number of methoxy groups -OCH3 is 1. The second-order valence-corrected chi connectivity index (χ2v) is 15.4. The molecule has 0 bridgehead atoms. The summed E-state index contributed by atoms with van der Waals surface area (Å²) in [7, 11) is 1.65. The number of rotatable bonds is 11. The molecule has 4 atom stereocenters. The van der Waals surface area contributed by atoms with Crippen LogP contribution < -0.4 is 5.32 Å². The molecule has 2 aliphatic rings. The van der Waals surface area contributed by atoms with E-state index in [9.17, 15) is 4.79 Å². The first-order valence-electron chi connectivity index (χ1n) is 19.9. The summed E-state index contributed by atoms with van der Waals surface area (Å²) in [6.07, 6.45) is 17.1. The van der Waals surface area contributed by atoms with Crippen LogP contribution in [0, 0.1) is 36.5 Å². The highest BCUT2D eigenvalue weighted by molar-refractivity contribution is 5.83. The molecule has 3 rings (SSSR count). The smallest absolute Gasteiger partial charge is 0.228 e. The highest BCUT2D eigenvalue weighted by atomic mass is 16.5. The molecule has 49 heavy (non-hydrogen) atoms. The number of hydrogen-bond acceptors (Lipinski definition) is 3. The first-order valence-corrected chi connectivity index (χ1v) is 19.9. The van der Waals surface area contributed by atoms with E-state index in [-0.39, 0.29) is 22.8 Å². The molecule has 286 valence electrons. The fourth-order valence-electron chi connectivity index (χ4n) is 7.38. The SMILES string of the molecule is C=C.C=C(OC)/C(=C\CC)C(Cc1nn(C2CCCCC2)c(C)c1C)C(=O)NC(C(C)(C)C)C1(C)CCC(C)C1.CC.CCC.CCCC. The third-order valence-corrected chi connectivity index (χ3v) is 9.92. The number of nitrogens with zero attached hydrogens (tertiary/aromatic N) is 2. The molecular weight excluding hydrogens is 603 g/mol. The van der Waals surface area contributed by atoms with E-state index in [2.05, 4.69) is 119 Å². The fraction of sp³-hybridized carbons (Fsp3) is 0.773. The van der Waals surface area contributed by atoms with E-state index in [1.54, 1.807) is 7.11 Å². The van der Waals surface area contributed by atoms with E-state index in [4.69, 9.17) is 9.84 Å². The minimum atomic E-state index is -0.400. The van der Waals surface area contributed by atoms with Gasteiger partial charge in [-0.05, 0) is 68.3 Å². The van der Waals surface area contributed by atoms with Gasteiger partial charge in [-0.3, -0.25) is 9.48 Å². The van der Waals surface area contributed by atoms with Crippen LogP contribution in [0.5, 0.6) is 0 Å². The number of ether oxygens (including phenoxy) is 1. The second kappa shape index (κ2) is 25.6. The minimum absolute atomic E-state index is 0.0546. The minimum Gasteiger partial charge on any atom is -0.497 e. The number of unbranched alkanes of at least 4 members (excludes halogenated alkanes) is 1. The Balaban J connectivity index is 0. The van der Waals surface area contributed by atoms with Crippen LogP contribution in [0.3, 0.4) is 0 Å². The van der Waals surface area contributed by atoms with Crippen molar-refractivity contribution in [1.82, 2.24) is 15.1 Å². The van der Waals surface area contributed by atoms with Crippen LogP contribution in [-0.4, -0.2) is 28.8 Å². The first kappa shape index (κ1) is 48.8. The Hall–Kier alpha value is -2.30. The summed E-state index contributed by atoms with van der Waals surface area (Å²) in [5.74, 6) is 0.923. The van der Waals surface area contributed by atoms with Gasteiger partial charge in [0, 0.05) is 23.7 Å². The number of carbonyl (C=O) groups excluding carboxylic acids is 1. The van der Waals surface area contributed by atoms with Crippen LogP contribution in [0.2, 0.25) is 0 Å². The van der Waals surface area contributed by atoms with Crippen molar-refractivity contribution in [3.63, 3.8) is 0 Å². The van der Waals surface area contributed by atoms with Gasteiger partial charge in [-0.25, -0.2) is 0 Å². The molecule has 1 N–H and O–H groups in total. The Morgan fingerprint density at radius 3 is 1.98 bits per heavy atom. The van der Waals surface area contributed by atoms with Crippen LogP contribution in [-0.2, 0) is 16.0 Å². The maximum absolute atomic E-state index is 14.3. The molecule has 0 spiro atoms. The van der Waals surface area contributed by atoms with Gasteiger partial charge in [-0.2, -0.15) is 5.10 Å². The Kier molecular flexibility index (Phi) is 25.5. The molecule has 0 aliphatic heterocycles. The zero-order valence-electron chi connectivity index (χ0n) is 35.4. The predicted octanol–water partition coefficient (Wildman–Crippen LogP) is 13.1. The quantitative estimate of drug-likeness (QED) is 0.143. The van der Waals surface area contributed by atoms with E-state index in [0.717, 1.165) is 30.5 Å². The predicted molar refractivity (Wildman–Crippen MR) is 217 cm³/mol. The average Bonchev–Trinajstić information content (AvgIpc) is 3.59. The lowest BCUT2D eigenvalue weighted by Gasteiger charge is -2.44. The van der Waals surface area contributed by atoms with Gasteiger partial charge < -0.3 is 10.1 Å². The van der Waals surface area contributed by atoms with E-state index in [1.165, 1.54) is 69.0 Å². The number of allylic oxidation sites excluding steroid dienone is 2. The Labute approximate surface area is 306 Å². The van der Waals surface area contributed by atoms with E-state index in [0.29, 0.717) is 24.1 Å². The average molecular weight is 686 g/mol. The molecule has 2 aliphatic carbocycles. The zero-order chi connectivity index (χ0) is 38.4. The Morgan fingerprint density at radius 2 is 1.57 bits per heavy atom. The summed E-state index contributed by atoms with van der Waals surface area (Å²) in [4.78, 5) is 14.3. The largest absolute Gasteiger partial charge is 0.497 e. The van der Waals surface area contributed by atoms with Crippen molar-refractivity contribution in [3.05, 3.63) is 54.1 Å². The van der Waals surface area contributed by atoms with Crippen LogP contribution in [0.15, 0.2) is 37.1 Å². The lowest BCUT2D eigenvalue weighted by molar-refractivity contribution is -0.127. The van der Waals surface area contributed by atoms with E-state index >= 15 is 0 Å². The van der Waals surface area contributed by atoms with Gasteiger partial charge >= 0.3 is 0 Å². The number of amides is 1. The molecule has 2 saturated carbocycles. The number of nitrogens with one attached hydrogen (secondary N) is 1. The maximum atomic E-state index is 14.3. The lowest BCUT2D eigenvalue weighted by Crippen LogP contribution is -2.54. The van der Waals surface area contributed by atoms with Crippen LogP contribution >= 0.6 is 0 Å². The number of aromatic nitrogens is 2. The highest BCUT2D eigenvalue weighted by Gasteiger charge is 2.46. The van der Waals surface area contributed by atoms with Gasteiger partial charge in [0.15, 0.2) is 0 Å². The van der Waals surface area contributed by atoms with Crippen molar-refractivity contribution >= 4 is 5.91 Å². The molecule has 0 aromatic carbocycles. The molecule has 1 amide bonds. The van der Waals surface area contributed by atoms with Crippen molar-refractivity contribution in [3.8, 4) is 0 Å². The van der Waals surface area contributed by atoms with Crippen molar-refractivity contribution in [2.75, 3.05) is 7.11 Å². The van der Waals surface area contributed by atoms with E-state index in [1.807, 2.05) is 13.8 Å². The molecule has 1 aromatic rings. The zero-order valence-corrected chi connectivity index (χ0v) is 35.4. The molecule has 0 radical (unpaired) electrons. The molecule has 4 unspecified atom stereocenters. The molecule has 5 nitrogen and oxygen atoms in total. The van der Waals surface area contributed by atoms with Gasteiger partial charge in [0.2, 0.25) is 5.91 Å². The lowest BCUT2D eigenvalue weighted by atomic mass is 9.68. The van der Waals surface area contributed by atoms with Crippen LogP contribution in [0.1, 0.15) is 183 Å². The fourth-order valence-corrected chi connectivity index (χ4v) is 7.38. The molecule has 2 fully saturated rings. The van der Waals surface area contributed by atoms with E-state index < -0.39 is 5.92 Å². The summed E-state index contributed by atoms with van der Waals surface area (Å²) in [6, 6.07) is 0.550. The maximum Gasteiger partial charge on any atom is 0.228 e. The number of hydrogen-bond donors (Lipinski definition) is 1. The Bertz CT molecular complexity index is 1070. The summed E-state index contributed by atoms with van der Waals surface area (Å²) in [5.41, 5.74) is 4.37. The summed E-state index contributed by atoms with van der Waals surface area (Å²) in [6.45, 7) is 40.7. The van der Waals surface area contributed by atoms with Gasteiger partial charge in [0.1, 0.15) is 5.76 Å². The van der Waals surface area contributed by atoms with Crippen LogP contribution in [0.25, 0.3) is 0 Å². The monoisotopic (exact) mass is 686 g/mol. The normalized spacial score (nSPS) is 20.4. The Morgan fingerprint density at radius 1 is 1.04 bits per heavy atom. The van der Waals surface area contributed by atoms with Crippen molar-refractivity contribution < 1.29 is 9.53 Å². The first-order chi connectivity index (χ1) is 23.1. The van der Waals surface area contributed by atoms with Crippen LogP contribution in [0.4, 0.5) is 0 Å². The standard InChI is InChI=1S/C33H55N3O2.C4H10.C3H8.C2H6.C2H4/c1-11-15-27(25(5)38-10)28(20-29-23(3)24(4)36(35-29)26-16-13-12-14-17-26)30(37)34-31(32(6,7)8)33(9)19-18-22(2)21-33;1-3-4-2;1-3-2;2*1-2/h15,22,26,28,31H,5,11-14,16-21H2,1-4,6-10H3,(H,34,37);3-4H2,1-2H3;3H2,1-2H3;1-2H3;1-2H2/b27-15+;;;;. The third-order valence-electron chi connectivity index (χ3n) is 9.92. The third kappa shape index (κ3) is 15.6. The summed E-state index contributed by atoms with van der Waals surface area (Å²) < 4.78 is 7.88. The van der Waals surface area contributed by atoms with Crippen molar-refractivity contribution in [2.24, 2.45) is 22.7 Å². The number of carbonyl (C=O) groups is 1. The van der Waals surface area contributed by atoms with Crippen molar-refractivity contribution in [2.45, 2.75) is 192 Å². The molecular formula is C44H83N3O2.